The molecule has 0 amide bonds. The van der Waals surface area contributed by atoms with Crippen LogP contribution in [0.25, 0.3) is 49.7 Å². The second-order valence-corrected chi connectivity index (χ2v) is 7.95. The van der Waals surface area contributed by atoms with E-state index in [2.05, 4.69) is 16.7 Å². The van der Waals surface area contributed by atoms with Crippen LogP contribution in [-0.4, -0.2) is 30.9 Å². The molecule has 4 aromatic carbocycles. The van der Waals surface area contributed by atoms with E-state index in [-0.39, 0.29) is 0 Å². The molecule has 2 aromatic heterocycles. The van der Waals surface area contributed by atoms with Gasteiger partial charge in [-0.3, -0.25) is 4.57 Å². The van der Waals surface area contributed by atoms with Gasteiger partial charge in [-0.25, -0.2) is 4.98 Å². The lowest BCUT2D eigenvalue weighted by Gasteiger charge is -2.18. The second-order valence-electron chi connectivity index (χ2n) is 7.95. The zero-order valence-electron chi connectivity index (χ0n) is 19.0. The smallest absolute Gasteiger partial charge is 0.151 e. The molecule has 0 bridgehead atoms. The molecule has 0 fully saturated rings. The van der Waals surface area contributed by atoms with E-state index in [1.54, 1.807) is 33.9 Å². The van der Waals surface area contributed by atoms with Crippen molar-refractivity contribution in [2.45, 2.75) is 0 Å². The van der Waals surface area contributed by atoms with Crippen molar-refractivity contribution in [3.8, 4) is 34.3 Å². The highest BCUT2D eigenvalue weighted by Crippen LogP contribution is 2.44. The van der Waals surface area contributed by atoms with Crippen LogP contribution in [0.1, 0.15) is 0 Å². The zero-order chi connectivity index (χ0) is 23.2. The molecule has 34 heavy (non-hydrogen) atoms. The summed E-state index contributed by atoms with van der Waals surface area (Å²) in [6.07, 6.45) is 3.35. The first kappa shape index (κ1) is 20.2. The maximum absolute atomic E-state index is 6.01. The highest BCUT2D eigenvalue weighted by atomic mass is 16.5. The third kappa shape index (κ3) is 2.85. The first-order valence-corrected chi connectivity index (χ1v) is 10.9. The van der Waals surface area contributed by atoms with Crippen molar-refractivity contribution in [3.63, 3.8) is 0 Å². The van der Waals surface area contributed by atoms with E-state index in [0.717, 1.165) is 66.9 Å². The minimum absolute atomic E-state index is 0.734. The minimum atomic E-state index is 0.734. The van der Waals surface area contributed by atoms with Crippen molar-refractivity contribution in [1.29, 1.82) is 0 Å². The quantitative estimate of drug-likeness (QED) is 0.295. The molecule has 6 nitrogen and oxygen atoms in total. The van der Waals surface area contributed by atoms with Crippen molar-refractivity contribution in [1.82, 2.24) is 9.55 Å². The Morgan fingerprint density at radius 2 is 1.38 bits per heavy atom. The fourth-order valence-corrected chi connectivity index (χ4v) is 4.74. The lowest BCUT2D eigenvalue weighted by molar-refractivity contribution is 0.409. The molecule has 0 saturated carbocycles. The Labute approximate surface area is 195 Å². The third-order valence-corrected chi connectivity index (χ3v) is 6.22. The fourth-order valence-electron chi connectivity index (χ4n) is 4.74. The number of hydrogen-bond acceptors (Lipinski definition) is 5. The molecule has 0 aliphatic rings. The van der Waals surface area contributed by atoms with Crippen LogP contribution in [0.15, 0.2) is 83.7 Å². The largest absolute Gasteiger partial charge is 0.496 e. The first-order valence-electron chi connectivity index (χ1n) is 10.9. The minimum Gasteiger partial charge on any atom is -0.496 e. The van der Waals surface area contributed by atoms with Crippen LogP contribution in [0.2, 0.25) is 0 Å². The van der Waals surface area contributed by atoms with E-state index in [4.69, 9.17) is 23.6 Å². The average Bonchev–Trinajstić information content (AvgIpc) is 3.55. The summed E-state index contributed by atoms with van der Waals surface area (Å²) < 4.78 is 25.1. The monoisotopic (exact) mass is 450 g/mol. The number of aromatic nitrogens is 2. The number of benzene rings is 4. The number of furan rings is 1. The standard InChI is InChI=1S/C28H22N2O4/c1-31-24-14-22-26(20-10-6-4-8-18(20)24)30(28(29-22)17-12-13-34-16-17)23-15-25(32-2)19-9-5-7-11-21(19)27(23)33-3/h4-16H,1-3H3. The fraction of sp³-hybridized carbons (Fsp3) is 0.107. The molecule has 0 aliphatic heterocycles. The summed E-state index contributed by atoms with van der Waals surface area (Å²) in [6.45, 7) is 0. The Bertz CT molecular complexity index is 1670. The Balaban J connectivity index is 1.84. The Kier molecular flexibility index (Phi) is 4.66. The Morgan fingerprint density at radius 1 is 0.735 bits per heavy atom. The van der Waals surface area contributed by atoms with E-state index >= 15 is 0 Å². The molecular weight excluding hydrogens is 428 g/mol. The molecule has 2 heterocycles. The molecule has 0 N–H and O–H groups in total. The molecule has 0 spiro atoms. The molecule has 6 heteroatoms. The van der Waals surface area contributed by atoms with Crippen LogP contribution in [0.4, 0.5) is 0 Å². The van der Waals surface area contributed by atoms with Crippen LogP contribution >= 0.6 is 0 Å². The van der Waals surface area contributed by atoms with E-state index in [0.29, 0.717) is 0 Å². The number of methoxy groups -OCH3 is 3. The summed E-state index contributed by atoms with van der Waals surface area (Å²) in [5, 5.41) is 3.96. The van der Waals surface area contributed by atoms with Crippen molar-refractivity contribution >= 4 is 32.6 Å². The van der Waals surface area contributed by atoms with Crippen molar-refractivity contribution in [3.05, 3.63) is 79.3 Å². The van der Waals surface area contributed by atoms with Gasteiger partial charge in [0.25, 0.3) is 0 Å². The first-order chi connectivity index (χ1) is 16.7. The summed E-state index contributed by atoms with van der Waals surface area (Å²) in [5.74, 6) is 3.00. The molecule has 6 rings (SSSR count). The van der Waals surface area contributed by atoms with Crippen molar-refractivity contribution in [2.75, 3.05) is 21.3 Å². The van der Waals surface area contributed by atoms with Gasteiger partial charge in [0.05, 0.1) is 49.9 Å². The molecule has 6 aromatic rings. The van der Waals surface area contributed by atoms with Gasteiger partial charge in [0.1, 0.15) is 23.6 Å². The van der Waals surface area contributed by atoms with Gasteiger partial charge in [0.15, 0.2) is 5.75 Å². The Hall–Kier alpha value is -4.45. The lowest BCUT2D eigenvalue weighted by Crippen LogP contribution is -2.03. The average molecular weight is 450 g/mol. The van der Waals surface area contributed by atoms with Crippen molar-refractivity contribution in [2.24, 2.45) is 0 Å². The molecule has 0 aliphatic carbocycles. The van der Waals surface area contributed by atoms with Gasteiger partial charge in [-0.1, -0.05) is 48.5 Å². The van der Waals surface area contributed by atoms with E-state index < -0.39 is 0 Å². The topological polar surface area (TPSA) is 58.7 Å². The van der Waals surface area contributed by atoms with E-state index in [1.807, 2.05) is 54.6 Å². The maximum Gasteiger partial charge on any atom is 0.151 e. The molecular formula is C28H22N2O4. The third-order valence-electron chi connectivity index (χ3n) is 6.22. The number of fused-ring (bicyclic) bond motifs is 4. The summed E-state index contributed by atoms with van der Waals surface area (Å²) >= 11 is 0. The number of hydrogen-bond donors (Lipinski definition) is 0. The van der Waals surface area contributed by atoms with Crippen LogP contribution < -0.4 is 14.2 Å². The van der Waals surface area contributed by atoms with Crippen LogP contribution in [-0.2, 0) is 0 Å². The molecule has 0 saturated heterocycles. The normalized spacial score (nSPS) is 11.4. The van der Waals surface area contributed by atoms with E-state index in [1.165, 1.54) is 0 Å². The summed E-state index contributed by atoms with van der Waals surface area (Å²) in [6, 6.07) is 22.1. The SMILES string of the molecule is COc1cc(-n2c(-c3ccoc3)nc3cc(OC)c4ccccc4c32)c(OC)c2ccccc12. The van der Waals surface area contributed by atoms with Gasteiger partial charge in [-0.2, -0.15) is 0 Å². The van der Waals surface area contributed by atoms with Gasteiger partial charge >= 0.3 is 0 Å². The summed E-state index contributed by atoms with van der Waals surface area (Å²) in [5.41, 5.74) is 3.43. The molecule has 0 unspecified atom stereocenters. The van der Waals surface area contributed by atoms with Gasteiger partial charge in [-0.05, 0) is 6.07 Å². The number of imidazole rings is 1. The predicted molar refractivity (Wildman–Crippen MR) is 133 cm³/mol. The van der Waals surface area contributed by atoms with Gasteiger partial charge in [0.2, 0.25) is 0 Å². The predicted octanol–water partition coefficient (Wildman–Crippen LogP) is 6.62. The molecule has 0 radical (unpaired) electrons. The van der Waals surface area contributed by atoms with Crippen LogP contribution in [0.5, 0.6) is 17.2 Å². The Morgan fingerprint density at radius 3 is 2.03 bits per heavy atom. The van der Waals surface area contributed by atoms with E-state index in [9.17, 15) is 0 Å². The zero-order valence-corrected chi connectivity index (χ0v) is 19.0. The van der Waals surface area contributed by atoms with Crippen LogP contribution in [0, 0.1) is 0 Å². The highest BCUT2D eigenvalue weighted by molar-refractivity contribution is 6.10. The van der Waals surface area contributed by atoms with Crippen molar-refractivity contribution < 1.29 is 18.6 Å². The summed E-state index contributed by atoms with van der Waals surface area (Å²) in [4.78, 5) is 5.03. The van der Waals surface area contributed by atoms with Gasteiger partial charge < -0.3 is 18.6 Å². The number of nitrogens with zero attached hydrogens (tertiary/aromatic N) is 2. The molecule has 168 valence electrons. The number of ether oxygens (including phenoxy) is 3. The highest BCUT2D eigenvalue weighted by Gasteiger charge is 2.23. The van der Waals surface area contributed by atoms with Gasteiger partial charge in [-0.15, -0.1) is 0 Å². The molecule has 0 atom stereocenters. The maximum atomic E-state index is 6.01. The van der Waals surface area contributed by atoms with Crippen LogP contribution in [0.3, 0.4) is 0 Å². The lowest BCUT2D eigenvalue weighted by atomic mass is 10.1. The van der Waals surface area contributed by atoms with Gasteiger partial charge in [0, 0.05) is 33.7 Å². The second kappa shape index (κ2) is 7.85. The summed E-state index contributed by atoms with van der Waals surface area (Å²) in [7, 11) is 5.05. The number of rotatable bonds is 5.